The number of aromatic nitrogens is 3. The molecule has 1 aromatic carbocycles. The van der Waals surface area contributed by atoms with Gasteiger partial charge < -0.3 is 13.8 Å². The minimum atomic E-state index is -0.109. The quantitative estimate of drug-likeness (QED) is 0.450. The van der Waals surface area contributed by atoms with Crippen molar-refractivity contribution in [3.63, 3.8) is 0 Å². The number of carbonyl (C=O) groups excluding carboxylic acids is 2. The molecule has 0 radical (unpaired) electrons. The first-order valence-electron chi connectivity index (χ1n) is 8.24. The zero-order valence-corrected chi connectivity index (χ0v) is 16.3. The van der Waals surface area contributed by atoms with Gasteiger partial charge in [-0.2, -0.15) is 0 Å². The van der Waals surface area contributed by atoms with E-state index in [2.05, 4.69) is 26.1 Å². The summed E-state index contributed by atoms with van der Waals surface area (Å²) in [6, 6.07) is 7.23. The maximum atomic E-state index is 13.1. The number of hydrogen-bond acceptors (Lipinski definition) is 5. The van der Waals surface area contributed by atoms with Crippen molar-refractivity contribution >= 4 is 28.0 Å². The number of hydrogen-bond donors (Lipinski definition) is 0. The van der Waals surface area contributed by atoms with Crippen LogP contribution in [0, 0.1) is 13.8 Å². The minimum Gasteiger partial charge on any atom is -0.419 e. The molecule has 3 aromatic rings. The smallest absolute Gasteiger partial charge is 0.264 e. The van der Waals surface area contributed by atoms with Crippen LogP contribution in [0.1, 0.15) is 40.0 Å². The summed E-state index contributed by atoms with van der Waals surface area (Å²) in [6.45, 7) is 5.69. The molecule has 26 heavy (non-hydrogen) atoms. The van der Waals surface area contributed by atoms with E-state index in [1.807, 2.05) is 32.9 Å². The van der Waals surface area contributed by atoms with E-state index in [1.165, 1.54) is 0 Å². The highest BCUT2D eigenvalue weighted by Crippen LogP contribution is 2.32. The Morgan fingerprint density at radius 2 is 2.08 bits per heavy atom. The van der Waals surface area contributed by atoms with E-state index >= 15 is 0 Å². The zero-order valence-electron chi connectivity index (χ0n) is 14.7. The van der Waals surface area contributed by atoms with Gasteiger partial charge in [0.1, 0.15) is 12.0 Å². The van der Waals surface area contributed by atoms with Crippen molar-refractivity contribution in [2.24, 2.45) is 0 Å². The number of carbonyl (C=O) groups is 2. The standard InChI is InChI=1S/C19H18BrN3O3/c1-4-15-21-22-19(26-15)17-11(2)16(12(3)23(17)8-9-24)18(25)13-6-5-7-14(20)10-13/h5-7,9-10H,4,8H2,1-3H3. The maximum Gasteiger partial charge on any atom is 0.264 e. The summed E-state index contributed by atoms with van der Waals surface area (Å²) in [5.74, 6) is 0.718. The molecular weight excluding hydrogens is 398 g/mol. The molecule has 2 heterocycles. The normalized spacial score (nSPS) is 10.9. The first kappa shape index (κ1) is 18.3. The third kappa shape index (κ3) is 3.14. The molecule has 0 unspecified atom stereocenters. The van der Waals surface area contributed by atoms with Gasteiger partial charge in [-0.15, -0.1) is 10.2 Å². The fourth-order valence-electron chi connectivity index (χ4n) is 3.07. The van der Waals surface area contributed by atoms with Gasteiger partial charge in [0.25, 0.3) is 5.89 Å². The summed E-state index contributed by atoms with van der Waals surface area (Å²) in [6.07, 6.45) is 1.41. The molecule has 7 heteroatoms. The van der Waals surface area contributed by atoms with E-state index < -0.39 is 0 Å². The Kier molecular flexibility index (Phi) is 5.18. The molecular formula is C19H18BrN3O3. The van der Waals surface area contributed by atoms with Crippen LogP contribution in [-0.4, -0.2) is 26.8 Å². The van der Waals surface area contributed by atoms with Gasteiger partial charge in [0.15, 0.2) is 5.78 Å². The minimum absolute atomic E-state index is 0.109. The molecule has 0 aliphatic heterocycles. The highest BCUT2D eigenvalue weighted by Gasteiger charge is 2.26. The van der Waals surface area contributed by atoms with Crippen LogP contribution < -0.4 is 0 Å². The number of aryl methyl sites for hydroxylation is 1. The first-order valence-corrected chi connectivity index (χ1v) is 9.03. The van der Waals surface area contributed by atoms with Crippen LogP contribution in [0.25, 0.3) is 11.6 Å². The summed E-state index contributed by atoms with van der Waals surface area (Å²) in [4.78, 5) is 24.3. The molecule has 0 bridgehead atoms. The number of ketones is 1. The third-order valence-electron chi connectivity index (χ3n) is 4.31. The predicted octanol–water partition coefficient (Wildman–Crippen LogP) is 3.91. The lowest BCUT2D eigenvalue weighted by atomic mass is 10.00. The molecule has 6 nitrogen and oxygen atoms in total. The summed E-state index contributed by atoms with van der Waals surface area (Å²) >= 11 is 3.39. The van der Waals surface area contributed by atoms with Gasteiger partial charge >= 0.3 is 0 Å². The number of halogens is 1. The number of benzene rings is 1. The molecule has 0 N–H and O–H groups in total. The highest BCUT2D eigenvalue weighted by molar-refractivity contribution is 9.10. The molecule has 2 aromatic heterocycles. The average molecular weight is 416 g/mol. The second kappa shape index (κ2) is 7.37. The molecule has 134 valence electrons. The van der Waals surface area contributed by atoms with Gasteiger partial charge in [0, 0.05) is 27.7 Å². The van der Waals surface area contributed by atoms with Crippen LogP contribution in [0.2, 0.25) is 0 Å². The van der Waals surface area contributed by atoms with Gasteiger partial charge in [-0.25, -0.2) is 0 Å². The molecule has 0 saturated carbocycles. The zero-order chi connectivity index (χ0) is 18.8. The molecule has 0 amide bonds. The Labute approximate surface area is 159 Å². The van der Waals surface area contributed by atoms with Gasteiger partial charge in [-0.05, 0) is 31.5 Å². The highest BCUT2D eigenvalue weighted by atomic mass is 79.9. The predicted molar refractivity (Wildman–Crippen MR) is 100 cm³/mol. The molecule has 0 atom stereocenters. The lowest BCUT2D eigenvalue weighted by Gasteiger charge is -2.06. The van der Waals surface area contributed by atoms with Crippen molar-refractivity contribution in [3.05, 3.63) is 57.0 Å². The van der Waals surface area contributed by atoms with Gasteiger partial charge in [0.2, 0.25) is 5.89 Å². The lowest BCUT2D eigenvalue weighted by molar-refractivity contribution is -0.108. The first-order chi connectivity index (χ1) is 12.5. The second-order valence-electron chi connectivity index (χ2n) is 5.91. The number of rotatable bonds is 6. The van der Waals surface area contributed by atoms with Crippen molar-refractivity contribution in [1.29, 1.82) is 0 Å². The van der Waals surface area contributed by atoms with E-state index in [0.717, 1.165) is 16.3 Å². The summed E-state index contributed by atoms with van der Waals surface area (Å²) in [5.41, 5.74) is 3.16. The van der Waals surface area contributed by atoms with Crippen molar-refractivity contribution in [2.75, 3.05) is 0 Å². The Bertz CT molecular complexity index is 988. The fourth-order valence-corrected chi connectivity index (χ4v) is 3.47. The summed E-state index contributed by atoms with van der Waals surface area (Å²) in [7, 11) is 0. The largest absolute Gasteiger partial charge is 0.419 e. The van der Waals surface area contributed by atoms with Gasteiger partial charge in [-0.3, -0.25) is 4.79 Å². The topological polar surface area (TPSA) is 78.0 Å². The number of aldehydes is 1. The Balaban J connectivity index is 2.19. The van der Waals surface area contributed by atoms with Crippen LogP contribution in [0.3, 0.4) is 0 Å². The molecule has 3 rings (SSSR count). The van der Waals surface area contributed by atoms with E-state index in [9.17, 15) is 9.59 Å². The van der Waals surface area contributed by atoms with Crippen LogP contribution in [0.4, 0.5) is 0 Å². The SMILES string of the molecule is CCc1nnc(-c2c(C)c(C(=O)c3cccc(Br)c3)c(C)n2CC=O)o1. The Morgan fingerprint density at radius 1 is 1.31 bits per heavy atom. The lowest BCUT2D eigenvalue weighted by Crippen LogP contribution is -2.07. The van der Waals surface area contributed by atoms with Crippen LogP contribution in [-0.2, 0) is 17.8 Å². The van der Waals surface area contributed by atoms with Crippen LogP contribution in [0.15, 0.2) is 33.2 Å². The van der Waals surface area contributed by atoms with E-state index in [4.69, 9.17) is 4.42 Å². The Morgan fingerprint density at radius 3 is 2.69 bits per heavy atom. The molecule has 0 spiro atoms. The molecule has 0 aliphatic rings. The molecule has 0 fully saturated rings. The van der Waals surface area contributed by atoms with Crippen LogP contribution >= 0.6 is 15.9 Å². The van der Waals surface area contributed by atoms with Gasteiger partial charge in [0.05, 0.1) is 6.54 Å². The van der Waals surface area contributed by atoms with Crippen LogP contribution in [0.5, 0.6) is 0 Å². The van der Waals surface area contributed by atoms with Crippen molar-refractivity contribution in [1.82, 2.24) is 14.8 Å². The summed E-state index contributed by atoms with van der Waals surface area (Å²) < 4.78 is 8.26. The monoisotopic (exact) mass is 415 g/mol. The van der Waals surface area contributed by atoms with Crippen molar-refractivity contribution in [3.8, 4) is 11.6 Å². The van der Waals surface area contributed by atoms with E-state index in [-0.39, 0.29) is 12.3 Å². The third-order valence-corrected chi connectivity index (χ3v) is 4.80. The summed E-state index contributed by atoms with van der Waals surface area (Å²) in [5, 5.41) is 8.09. The van der Waals surface area contributed by atoms with Crippen molar-refractivity contribution in [2.45, 2.75) is 33.7 Å². The van der Waals surface area contributed by atoms with E-state index in [0.29, 0.717) is 40.7 Å². The van der Waals surface area contributed by atoms with E-state index in [1.54, 1.807) is 16.7 Å². The second-order valence-corrected chi connectivity index (χ2v) is 6.82. The molecule has 0 aliphatic carbocycles. The Hall–Kier alpha value is -2.54. The average Bonchev–Trinajstić information content (AvgIpc) is 3.18. The fraction of sp³-hybridized carbons (Fsp3) is 0.263. The number of nitrogens with zero attached hydrogens (tertiary/aromatic N) is 3. The van der Waals surface area contributed by atoms with Gasteiger partial charge in [-0.1, -0.05) is 35.0 Å². The van der Waals surface area contributed by atoms with Crippen molar-refractivity contribution < 1.29 is 14.0 Å². The maximum absolute atomic E-state index is 13.1. The molecule has 0 saturated heterocycles.